The molecule has 0 saturated heterocycles. The molecule has 3 aromatic carbocycles. The van der Waals surface area contributed by atoms with Crippen LogP contribution >= 0.6 is 11.6 Å². The molecular weight excluding hydrogens is 442 g/mol. The van der Waals surface area contributed by atoms with Gasteiger partial charge in [-0.3, -0.25) is 4.90 Å². The molecule has 3 aromatic rings. The van der Waals surface area contributed by atoms with Gasteiger partial charge in [0.2, 0.25) is 0 Å². The molecule has 0 saturated carbocycles. The van der Waals surface area contributed by atoms with E-state index in [0.717, 1.165) is 16.7 Å². The Morgan fingerprint density at radius 3 is 2.55 bits per heavy atom. The van der Waals surface area contributed by atoms with Crippen molar-refractivity contribution in [2.24, 2.45) is 0 Å². The van der Waals surface area contributed by atoms with Gasteiger partial charge in [0.25, 0.3) is 0 Å². The normalized spacial score (nSPS) is 15.9. The summed E-state index contributed by atoms with van der Waals surface area (Å²) in [5.74, 6) is -0.726. The lowest BCUT2D eigenvalue weighted by molar-refractivity contribution is -0.144. The third-order valence-electron chi connectivity index (χ3n) is 5.64. The summed E-state index contributed by atoms with van der Waals surface area (Å²) in [5, 5.41) is 9.80. The number of halogens is 1. The molecule has 0 aromatic heterocycles. The highest BCUT2D eigenvalue weighted by Gasteiger charge is 2.35. The minimum atomic E-state index is -1.08. The maximum atomic E-state index is 13.2. The molecule has 1 unspecified atom stereocenters. The Labute approximate surface area is 197 Å². The summed E-state index contributed by atoms with van der Waals surface area (Å²) >= 11 is 6.32. The molecule has 6 nitrogen and oxygen atoms in total. The number of hydrogen-bond acceptors (Lipinski definition) is 4. The number of aliphatic carboxylic acids is 1. The van der Waals surface area contributed by atoms with Crippen molar-refractivity contribution in [3.8, 4) is 5.75 Å². The SMILES string of the molecule is C[C@@H](Oc1ccc(Cl)cc1C1c2ccccc2CCN1C(=O)OCc1ccccc1)C(=O)O. The Bertz CT molecular complexity index is 1150. The maximum absolute atomic E-state index is 13.2. The van der Waals surface area contributed by atoms with Crippen molar-refractivity contribution in [3.05, 3.63) is 100 Å². The predicted octanol–water partition coefficient (Wildman–Crippen LogP) is 5.48. The molecule has 1 amide bonds. The number of hydrogen-bond donors (Lipinski definition) is 1. The van der Waals surface area contributed by atoms with Crippen molar-refractivity contribution in [2.75, 3.05) is 6.54 Å². The second kappa shape index (κ2) is 9.96. The van der Waals surface area contributed by atoms with Crippen molar-refractivity contribution >= 4 is 23.7 Å². The highest BCUT2D eigenvalue weighted by molar-refractivity contribution is 6.30. The number of fused-ring (bicyclic) bond motifs is 1. The van der Waals surface area contributed by atoms with E-state index >= 15 is 0 Å². The second-order valence-electron chi connectivity index (χ2n) is 7.87. The van der Waals surface area contributed by atoms with Gasteiger partial charge in [-0.15, -0.1) is 0 Å². The molecule has 0 aliphatic carbocycles. The molecule has 2 atom stereocenters. The summed E-state index contributed by atoms with van der Waals surface area (Å²) in [4.78, 5) is 26.3. The summed E-state index contributed by atoms with van der Waals surface area (Å²) in [5.41, 5.74) is 3.53. The van der Waals surface area contributed by atoms with Crippen LogP contribution in [0.3, 0.4) is 0 Å². The van der Waals surface area contributed by atoms with Crippen LogP contribution in [0, 0.1) is 0 Å². The number of nitrogens with zero attached hydrogens (tertiary/aromatic N) is 1. The van der Waals surface area contributed by atoms with E-state index in [1.807, 2.05) is 54.6 Å². The van der Waals surface area contributed by atoms with E-state index in [0.29, 0.717) is 29.3 Å². The van der Waals surface area contributed by atoms with Crippen LogP contribution in [0.15, 0.2) is 72.8 Å². The van der Waals surface area contributed by atoms with Gasteiger partial charge in [0.05, 0.1) is 6.04 Å². The van der Waals surface area contributed by atoms with E-state index in [-0.39, 0.29) is 6.61 Å². The monoisotopic (exact) mass is 465 g/mol. The van der Waals surface area contributed by atoms with Crippen molar-refractivity contribution in [1.29, 1.82) is 0 Å². The van der Waals surface area contributed by atoms with Gasteiger partial charge in [-0.1, -0.05) is 66.2 Å². The van der Waals surface area contributed by atoms with E-state index in [9.17, 15) is 14.7 Å². The van der Waals surface area contributed by atoms with Gasteiger partial charge in [-0.25, -0.2) is 9.59 Å². The number of carboxylic acids is 1. The molecule has 0 fully saturated rings. The summed E-state index contributed by atoms with van der Waals surface area (Å²) in [6, 6.07) is 21.8. The molecule has 1 aliphatic heterocycles. The maximum Gasteiger partial charge on any atom is 0.410 e. The lowest BCUT2D eigenvalue weighted by Crippen LogP contribution is -2.41. The molecule has 4 rings (SSSR count). The molecular formula is C26H24ClNO5. The first-order valence-corrected chi connectivity index (χ1v) is 11.1. The highest BCUT2D eigenvalue weighted by Crippen LogP contribution is 2.41. The Hall–Kier alpha value is -3.51. The molecule has 1 heterocycles. The van der Waals surface area contributed by atoms with Gasteiger partial charge in [0, 0.05) is 17.1 Å². The molecule has 0 spiro atoms. The van der Waals surface area contributed by atoms with E-state index in [2.05, 4.69) is 0 Å². The fraction of sp³-hybridized carbons (Fsp3) is 0.231. The summed E-state index contributed by atoms with van der Waals surface area (Å²) in [6.07, 6.45) is -0.854. The fourth-order valence-electron chi connectivity index (χ4n) is 3.98. The zero-order chi connectivity index (χ0) is 23.4. The molecule has 1 N–H and O–H groups in total. The lowest BCUT2D eigenvalue weighted by Gasteiger charge is -2.37. The molecule has 1 aliphatic rings. The van der Waals surface area contributed by atoms with E-state index < -0.39 is 24.2 Å². The number of carbonyl (C=O) groups excluding carboxylic acids is 1. The van der Waals surface area contributed by atoms with Crippen molar-refractivity contribution in [3.63, 3.8) is 0 Å². The quantitative estimate of drug-likeness (QED) is 0.522. The van der Waals surface area contributed by atoms with Crippen LogP contribution in [0.1, 0.15) is 35.2 Å². The standard InChI is InChI=1S/C26H24ClNO5/c1-17(25(29)30)33-23-12-11-20(27)15-22(23)24-21-10-6-5-9-19(21)13-14-28(24)26(31)32-16-18-7-3-2-4-8-18/h2-12,15,17,24H,13-14,16H2,1H3,(H,29,30)/t17-,24?/m1/s1. The largest absolute Gasteiger partial charge is 0.479 e. The van der Waals surface area contributed by atoms with Gasteiger partial charge < -0.3 is 14.6 Å². The molecule has 0 bridgehead atoms. The number of amides is 1. The summed E-state index contributed by atoms with van der Waals surface area (Å²) < 4.78 is 11.4. The minimum absolute atomic E-state index is 0.152. The first-order chi connectivity index (χ1) is 15.9. The molecule has 7 heteroatoms. The van der Waals surface area contributed by atoms with Crippen molar-refractivity contribution < 1.29 is 24.2 Å². The van der Waals surface area contributed by atoms with Gasteiger partial charge in [-0.2, -0.15) is 0 Å². The summed E-state index contributed by atoms with van der Waals surface area (Å²) in [7, 11) is 0. The van der Waals surface area contributed by atoms with Crippen LogP contribution < -0.4 is 4.74 Å². The van der Waals surface area contributed by atoms with Crippen LogP contribution in [0.2, 0.25) is 5.02 Å². The smallest absolute Gasteiger partial charge is 0.410 e. The Morgan fingerprint density at radius 2 is 1.79 bits per heavy atom. The average Bonchev–Trinajstić information content (AvgIpc) is 2.83. The minimum Gasteiger partial charge on any atom is -0.479 e. The third kappa shape index (κ3) is 5.12. The van der Waals surface area contributed by atoms with E-state index in [1.165, 1.54) is 6.92 Å². The van der Waals surface area contributed by atoms with Crippen LogP contribution in [0.4, 0.5) is 4.79 Å². The van der Waals surface area contributed by atoms with Crippen LogP contribution in [-0.4, -0.2) is 34.7 Å². The van der Waals surface area contributed by atoms with Gasteiger partial charge in [0.15, 0.2) is 6.10 Å². The van der Waals surface area contributed by atoms with Crippen LogP contribution in [0.5, 0.6) is 5.75 Å². The first-order valence-electron chi connectivity index (χ1n) is 10.7. The van der Waals surface area contributed by atoms with Gasteiger partial charge >= 0.3 is 12.1 Å². The molecule has 170 valence electrons. The number of benzene rings is 3. The average molecular weight is 466 g/mol. The topological polar surface area (TPSA) is 76.1 Å². The molecule has 33 heavy (non-hydrogen) atoms. The van der Waals surface area contributed by atoms with E-state index in [1.54, 1.807) is 23.1 Å². The number of carboxylic acid groups (broad SMARTS) is 1. The molecule has 0 radical (unpaired) electrons. The van der Waals surface area contributed by atoms with Crippen LogP contribution in [-0.2, 0) is 22.6 Å². The Balaban J connectivity index is 1.71. The van der Waals surface area contributed by atoms with Crippen molar-refractivity contribution in [1.82, 2.24) is 4.90 Å². The third-order valence-corrected chi connectivity index (χ3v) is 5.88. The van der Waals surface area contributed by atoms with Gasteiger partial charge in [0.1, 0.15) is 12.4 Å². The summed E-state index contributed by atoms with van der Waals surface area (Å²) in [6.45, 7) is 2.05. The fourth-order valence-corrected chi connectivity index (χ4v) is 4.16. The zero-order valence-corrected chi connectivity index (χ0v) is 18.9. The van der Waals surface area contributed by atoms with Crippen molar-refractivity contribution in [2.45, 2.75) is 32.1 Å². The number of rotatable bonds is 6. The number of carbonyl (C=O) groups is 2. The highest BCUT2D eigenvalue weighted by atomic mass is 35.5. The second-order valence-corrected chi connectivity index (χ2v) is 8.30. The number of ether oxygens (including phenoxy) is 2. The predicted molar refractivity (Wildman–Crippen MR) is 124 cm³/mol. The van der Waals surface area contributed by atoms with E-state index in [4.69, 9.17) is 21.1 Å². The Morgan fingerprint density at radius 1 is 1.06 bits per heavy atom. The van der Waals surface area contributed by atoms with Gasteiger partial charge in [-0.05, 0) is 48.2 Å². The zero-order valence-electron chi connectivity index (χ0n) is 18.1. The van der Waals surface area contributed by atoms with Crippen LogP contribution in [0.25, 0.3) is 0 Å². The lowest BCUT2D eigenvalue weighted by atomic mass is 9.88. The Kier molecular flexibility index (Phi) is 6.84. The first kappa shape index (κ1) is 22.7.